The lowest BCUT2D eigenvalue weighted by Gasteiger charge is -2.34. The Hall–Kier alpha value is -1.21. The van der Waals surface area contributed by atoms with Crippen molar-refractivity contribution in [1.29, 1.82) is 0 Å². The van der Waals surface area contributed by atoms with Gasteiger partial charge in [0.2, 0.25) is 5.91 Å². The van der Waals surface area contributed by atoms with E-state index in [0.717, 1.165) is 26.2 Å². The minimum Gasteiger partial charge on any atom is -0.383 e. The van der Waals surface area contributed by atoms with Crippen molar-refractivity contribution in [2.45, 2.75) is 6.54 Å². The van der Waals surface area contributed by atoms with Crippen molar-refractivity contribution < 1.29 is 13.9 Å². The van der Waals surface area contributed by atoms with Crippen LogP contribution in [0.4, 0.5) is 4.39 Å². The number of ether oxygens (including phenoxy) is 1. The van der Waals surface area contributed by atoms with Crippen molar-refractivity contribution in [2.24, 2.45) is 0 Å². The first kappa shape index (κ1) is 18.1. The number of carbonyl (C=O) groups excluding carboxylic acids is 1. The van der Waals surface area contributed by atoms with Crippen LogP contribution >= 0.6 is 11.6 Å². The molecule has 1 N–H and O–H groups in total. The quantitative estimate of drug-likeness (QED) is 0.759. The fraction of sp³-hybridized carbons (Fsp3) is 0.562. The Kier molecular flexibility index (Phi) is 7.23. The van der Waals surface area contributed by atoms with Crippen molar-refractivity contribution in [2.75, 3.05) is 53.0 Å². The van der Waals surface area contributed by atoms with Gasteiger partial charge in [0.1, 0.15) is 5.82 Å². The molecule has 1 heterocycles. The average Bonchev–Trinajstić information content (AvgIpc) is 2.53. The molecule has 7 heteroatoms. The van der Waals surface area contributed by atoms with Crippen molar-refractivity contribution >= 4 is 17.5 Å². The van der Waals surface area contributed by atoms with E-state index in [-0.39, 0.29) is 11.7 Å². The van der Waals surface area contributed by atoms with E-state index >= 15 is 0 Å². The summed E-state index contributed by atoms with van der Waals surface area (Å²) < 4.78 is 18.7. The number of nitrogens with one attached hydrogen (secondary N) is 1. The molecule has 1 aliphatic heterocycles. The highest BCUT2D eigenvalue weighted by Crippen LogP contribution is 2.21. The second-order valence-electron chi connectivity index (χ2n) is 5.60. The Morgan fingerprint density at radius 2 is 2.00 bits per heavy atom. The van der Waals surface area contributed by atoms with Crippen LogP contribution in [0.1, 0.15) is 5.56 Å². The molecule has 0 aliphatic carbocycles. The number of nitrogens with zero attached hydrogens (tertiary/aromatic N) is 2. The number of methoxy groups -OCH3 is 1. The Balaban J connectivity index is 1.75. The van der Waals surface area contributed by atoms with E-state index < -0.39 is 0 Å². The maximum absolute atomic E-state index is 13.8. The van der Waals surface area contributed by atoms with Crippen LogP contribution in [-0.2, 0) is 16.1 Å². The van der Waals surface area contributed by atoms with Gasteiger partial charge < -0.3 is 10.1 Å². The third-order valence-electron chi connectivity index (χ3n) is 3.90. The number of hydrogen-bond acceptors (Lipinski definition) is 4. The second-order valence-corrected chi connectivity index (χ2v) is 6.00. The van der Waals surface area contributed by atoms with Gasteiger partial charge in [-0.3, -0.25) is 14.6 Å². The number of piperazine rings is 1. The number of amides is 1. The summed E-state index contributed by atoms with van der Waals surface area (Å²) >= 11 is 6.07. The molecule has 1 saturated heterocycles. The maximum Gasteiger partial charge on any atom is 0.234 e. The molecule has 0 unspecified atom stereocenters. The van der Waals surface area contributed by atoms with E-state index in [2.05, 4.69) is 15.1 Å². The Morgan fingerprint density at radius 1 is 1.30 bits per heavy atom. The molecule has 1 aliphatic rings. The van der Waals surface area contributed by atoms with Crippen molar-refractivity contribution in [3.8, 4) is 0 Å². The van der Waals surface area contributed by atoms with Crippen LogP contribution in [0.3, 0.4) is 0 Å². The zero-order valence-electron chi connectivity index (χ0n) is 13.4. The summed E-state index contributed by atoms with van der Waals surface area (Å²) in [6.07, 6.45) is 0. The van der Waals surface area contributed by atoms with E-state index in [0.29, 0.717) is 36.8 Å². The summed E-state index contributed by atoms with van der Waals surface area (Å²) in [6, 6.07) is 4.75. The van der Waals surface area contributed by atoms with Gasteiger partial charge >= 0.3 is 0 Å². The second kappa shape index (κ2) is 9.17. The van der Waals surface area contributed by atoms with Gasteiger partial charge in [-0.15, -0.1) is 0 Å². The molecule has 0 radical (unpaired) electrons. The SMILES string of the molecule is COCCNC(=O)CN1CCN(Cc2c(F)cccc2Cl)CC1. The summed E-state index contributed by atoms with van der Waals surface area (Å²) in [5.74, 6) is -0.259. The molecule has 2 rings (SSSR count). The summed E-state index contributed by atoms with van der Waals surface area (Å²) in [5, 5.41) is 3.27. The van der Waals surface area contributed by atoms with Crippen LogP contribution in [0.15, 0.2) is 18.2 Å². The highest BCUT2D eigenvalue weighted by Gasteiger charge is 2.20. The first-order valence-corrected chi connectivity index (χ1v) is 8.11. The van der Waals surface area contributed by atoms with Gasteiger partial charge in [0.05, 0.1) is 13.2 Å². The molecule has 1 aromatic rings. The Morgan fingerprint density at radius 3 is 2.65 bits per heavy atom. The van der Waals surface area contributed by atoms with Crippen LogP contribution in [-0.4, -0.2) is 68.7 Å². The maximum atomic E-state index is 13.8. The fourth-order valence-corrected chi connectivity index (χ4v) is 2.79. The monoisotopic (exact) mass is 343 g/mol. The molecule has 0 bridgehead atoms. The van der Waals surface area contributed by atoms with E-state index in [4.69, 9.17) is 16.3 Å². The van der Waals surface area contributed by atoms with Gasteiger partial charge in [-0.05, 0) is 12.1 Å². The van der Waals surface area contributed by atoms with E-state index in [9.17, 15) is 9.18 Å². The standard InChI is InChI=1S/C16H23ClFN3O2/c1-23-10-5-19-16(22)12-21-8-6-20(7-9-21)11-13-14(17)3-2-4-15(13)18/h2-4H,5-12H2,1H3,(H,19,22). The molecular weight excluding hydrogens is 321 g/mol. The van der Waals surface area contributed by atoms with Crippen LogP contribution in [0.25, 0.3) is 0 Å². The van der Waals surface area contributed by atoms with Gasteiger partial charge in [0.15, 0.2) is 0 Å². The molecular formula is C16H23ClFN3O2. The van der Waals surface area contributed by atoms with E-state index in [1.165, 1.54) is 6.07 Å². The minimum atomic E-state index is -0.266. The van der Waals surface area contributed by atoms with E-state index in [1.54, 1.807) is 19.2 Å². The summed E-state index contributed by atoms with van der Waals surface area (Å²) in [5.41, 5.74) is 0.542. The number of rotatable bonds is 7. The van der Waals surface area contributed by atoms with Crippen molar-refractivity contribution in [3.05, 3.63) is 34.6 Å². The zero-order chi connectivity index (χ0) is 16.7. The predicted octanol–water partition coefficient (Wildman–Crippen LogP) is 1.36. The molecule has 1 fully saturated rings. The molecule has 1 amide bonds. The lowest BCUT2D eigenvalue weighted by molar-refractivity contribution is -0.122. The van der Waals surface area contributed by atoms with Crippen molar-refractivity contribution in [1.82, 2.24) is 15.1 Å². The summed E-state index contributed by atoms with van der Waals surface area (Å²) in [4.78, 5) is 16.0. The molecule has 5 nitrogen and oxygen atoms in total. The molecule has 0 saturated carbocycles. The van der Waals surface area contributed by atoms with Gasteiger partial charge in [-0.25, -0.2) is 4.39 Å². The topological polar surface area (TPSA) is 44.8 Å². The minimum absolute atomic E-state index is 0.00708. The molecule has 0 aromatic heterocycles. The van der Waals surface area contributed by atoms with Crippen LogP contribution < -0.4 is 5.32 Å². The Bertz CT molecular complexity index is 502. The molecule has 1 aromatic carbocycles. The summed E-state index contributed by atoms with van der Waals surface area (Å²) in [6.45, 7) is 5.07. The molecule has 23 heavy (non-hydrogen) atoms. The predicted molar refractivity (Wildman–Crippen MR) is 88.0 cm³/mol. The molecule has 0 spiro atoms. The largest absolute Gasteiger partial charge is 0.383 e. The smallest absolute Gasteiger partial charge is 0.234 e. The summed E-state index contributed by atoms with van der Waals surface area (Å²) in [7, 11) is 1.60. The average molecular weight is 344 g/mol. The number of benzene rings is 1. The first-order chi connectivity index (χ1) is 11.1. The van der Waals surface area contributed by atoms with Crippen LogP contribution in [0.5, 0.6) is 0 Å². The Labute approximate surface area is 141 Å². The van der Waals surface area contributed by atoms with E-state index in [1.807, 2.05) is 0 Å². The number of halogens is 2. The highest BCUT2D eigenvalue weighted by atomic mass is 35.5. The van der Waals surface area contributed by atoms with Gasteiger partial charge in [0, 0.05) is 57.0 Å². The zero-order valence-corrected chi connectivity index (χ0v) is 14.1. The van der Waals surface area contributed by atoms with Gasteiger partial charge in [-0.1, -0.05) is 17.7 Å². The highest BCUT2D eigenvalue weighted by molar-refractivity contribution is 6.31. The molecule has 128 valence electrons. The van der Waals surface area contributed by atoms with Crippen LogP contribution in [0.2, 0.25) is 5.02 Å². The fourth-order valence-electron chi connectivity index (χ4n) is 2.56. The van der Waals surface area contributed by atoms with Gasteiger partial charge in [-0.2, -0.15) is 0 Å². The number of carbonyl (C=O) groups is 1. The van der Waals surface area contributed by atoms with Crippen LogP contribution in [0, 0.1) is 5.82 Å². The lowest BCUT2D eigenvalue weighted by atomic mass is 10.2. The normalized spacial score (nSPS) is 16.5. The third-order valence-corrected chi connectivity index (χ3v) is 4.26. The van der Waals surface area contributed by atoms with Gasteiger partial charge in [0.25, 0.3) is 0 Å². The third kappa shape index (κ3) is 5.73. The first-order valence-electron chi connectivity index (χ1n) is 7.73. The lowest BCUT2D eigenvalue weighted by Crippen LogP contribution is -2.49. The molecule has 0 atom stereocenters. The number of hydrogen-bond donors (Lipinski definition) is 1. The van der Waals surface area contributed by atoms with Crippen molar-refractivity contribution in [3.63, 3.8) is 0 Å².